The van der Waals surface area contributed by atoms with E-state index < -0.39 is 5.60 Å². The minimum absolute atomic E-state index is 0.465. The third-order valence-electron chi connectivity index (χ3n) is 3.11. The number of piperidine rings is 1. The Kier molecular flexibility index (Phi) is 4.74. The smallest absolute Gasteiger partial charge is 0.0746 e. The van der Waals surface area contributed by atoms with Crippen LogP contribution in [0.2, 0.25) is 0 Å². The van der Waals surface area contributed by atoms with Crippen molar-refractivity contribution in [3.63, 3.8) is 0 Å². The van der Waals surface area contributed by atoms with Crippen LogP contribution in [-0.4, -0.2) is 41.0 Å². The van der Waals surface area contributed by atoms with Crippen LogP contribution in [0, 0.1) is 5.92 Å². The lowest BCUT2D eigenvalue weighted by Gasteiger charge is -2.38. The average Bonchev–Trinajstić information content (AvgIpc) is 2.12. The highest BCUT2D eigenvalue weighted by molar-refractivity contribution is 7.80. The van der Waals surface area contributed by atoms with Gasteiger partial charge in [-0.15, -0.1) is 0 Å². The second-order valence-corrected chi connectivity index (χ2v) is 5.16. The van der Waals surface area contributed by atoms with E-state index in [4.69, 9.17) is 0 Å². The molecule has 84 valence electrons. The lowest BCUT2D eigenvalue weighted by molar-refractivity contribution is -0.0191. The van der Waals surface area contributed by atoms with Gasteiger partial charge in [0.1, 0.15) is 0 Å². The van der Waals surface area contributed by atoms with Crippen LogP contribution in [0.25, 0.3) is 0 Å². The van der Waals surface area contributed by atoms with Gasteiger partial charge in [-0.2, -0.15) is 12.6 Å². The fourth-order valence-electron chi connectivity index (χ4n) is 2.16. The van der Waals surface area contributed by atoms with Crippen molar-refractivity contribution in [1.82, 2.24) is 4.90 Å². The minimum Gasteiger partial charge on any atom is -0.389 e. The molecule has 0 aromatic carbocycles. The van der Waals surface area contributed by atoms with Crippen molar-refractivity contribution in [2.45, 2.75) is 38.7 Å². The number of hydrogen-bond donors (Lipinski definition) is 2. The molecule has 3 heteroatoms. The highest BCUT2D eigenvalue weighted by Crippen LogP contribution is 2.21. The molecule has 1 aliphatic heterocycles. The predicted molar refractivity (Wildman–Crippen MR) is 63.9 cm³/mol. The molecule has 0 amide bonds. The number of nitrogens with zero attached hydrogens (tertiary/aromatic N) is 1. The van der Waals surface area contributed by atoms with E-state index in [1.807, 2.05) is 6.92 Å². The zero-order chi connectivity index (χ0) is 10.6. The molecule has 0 aromatic heterocycles. The van der Waals surface area contributed by atoms with Gasteiger partial charge in [0.15, 0.2) is 0 Å². The summed E-state index contributed by atoms with van der Waals surface area (Å²) in [4.78, 5) is 2.38. The Labute approximate surface area is 93.1 Å². The van der Waals surface area contributed by atoms with E-state index in [-0.39, 0.29) is 0 Å². The van der Waals surface area contributed by atoms with Gasteiger partial charge in [-0.1, -0.05) is 13.3 Å². The monoisotopic (exact) mass is 217 g/mol. The quantitative estimate of drug-likeness (QED) is 0.701. The Morgan fingerprint density at radius 3 is 2.79 bits per heavy atom. The van der Waals surface area contributed by atoms with Gasteiger partial charge in [0, 0.05) is 13.1 Å². The number of thiol groups is 1. The molecule has 0 aromatic rings. The topological polar surface area (TPSA) is 23.5 Å². The molecule has 14 heavy (non-hydrogen) atoms. The second-order valence-electron chi connectivity index (χ2n) is 4.79. The van der Waals surface area contributed by atoms with Gasteiger partial charge >= 0.3 is 0 Å². The standard InChI is InChI=1S/C11H23NOS/c1-3-10(8-14)7-12-6-4-5-11(2,13)9-12/h10,13-14H,3-9H2,1-2H3. The van der Waals surface area contributed by atoms with Gasteiger partial charge in [-0.25, -0.2) is 0 Å². The summed E-state index contributed by atoms with van der Waals surface area (Å²) in [6.07, 6.45) is 3.25. The van der Waals surface area contributed by atoms with Crippen LogP contribution in [0.3, 0.4) is 0 Å². The number of β-amino-alcohol motifs (C(OH)–C–C–N with tert-alkyl or cyclic N) is 1. The van der Waals surface area contributed by atoms with Gasteiger partial charge in [0.25, 0.3) is 0 Å². The Balaban J connectivity index is 2.37. The fourth-order valence-corrected chi connectivity index (χ4v) is 2.53. The van der Waals surface area contributed by atoms with Gasteiger partial charge < -0.3 is 10.0 Å². The minimum atomic E-state index is -0.465. The summed E-state index contributed by atoms with van der Waals surface area (Å²) < 4.78 is 0. The largest absolute Gasteiger partial charge is 0.389 e. The molecule has 0 aliphatic carbocycles. The maximum atomic E-state index is 9.94. The second kappa shape index (κ2) is 5.38. The molecule has 0 radical (unpaired) electrons. The van der Waals surface area contributed by atoms with E-state index >= 15 is 0 Å². The van der Waals surface area contributed by atoms with Crippen molar-refractivity contribution in [3.8, 4) is 0 Å². The third kappa shape index (κ3) is 3.79. The zero-order valence-corrected chi connectivity index (χ0v) is 10.3. The molecule has 1 aliphatic rings. The first-order valence-corrected chi connectivity index (χ1v) is 6.26. The molecule has 2 nitrogen and oxygen atoms in total. The van der Waals surface area contributed by atoms with Crippen molar-refractivity contribution in [2.24, 2.45) is 5.92 Å². The van der Waals surface area contributed by atoms with Crippen LogP contribution in [-0.2, 0) is 0 Å². The van der Waals surface area contributed by atoms with Gasteiger partial charge in [-0.05, 0) is 38.0 Å². The predicted octanol–water partition coefficient (Wildman–Crippen LogP) is 1.79. The maximum absolute atomic E-state index is 9.94. The maximum Gasteiger partial charge on any atom is 0.0746 e. The Morgan fingerprint density at radius 1 is 1.57 bits per heavy atom. The Bertz CT molecular complexity index is 169. The van der Waals surface area contributed by atoms with Crippen molar-refractivity contribution in [2.75, 3.05) is 25.4 Å². The first-order valence-electron chi connectivity index (χ1n) is 5.63. The molecule has 0 spiro atoms. The lowest BCUT2D eigenvalue weighted by Crippen LogP contribution is -2.47. The van der Waals surface area contributed by atoms with Crippen molar-refractivity contribution >= 4 is 12.6 Å². The lowest BCUT2D eigenvalue weighted by atomic mass is 9.94. The van der Waals surface area contributed by atoms with Crippen LogP contribution in [0.4, 0.5) is 0 Å². The number of aliphatic hydroxyl groups is 1. The molecule has 1 rings (SSSR count). The Morgan fingerprint density at radius 2 is 2.29 bits per heavy atom. The molecule has 1 heterocycles. The molecule has 1 N–H and O–H groups in total. The van der Waals surface area contributed by atoms with Crippen LogP contribution in [0.15, 0.2) is 0 Å². The summed E-state index contributed by atoms with van der Waals surface area (Å²) in [6.45, 7) is 7.22. The van der Waals surface area contributed by atoms with E-state index in [1.54, 1.807) is 0 Å². The van der Waals surface area contributed by atoms with E-state index in [2.05, 4.69) is 24.5 Å². The van der Waals surface area contributed by atoms with Gasteiger partial charge in [-0.3, -0.25) is 0 Å². The Hall–Kier alpha value is 0.270. The fraction of sp³-hybridized carbons (Fsp3) is 1.00. The summed E-state index contributed by atoms with van der Waals surface area (Å²) in [5.74, 6) is 1.63. The summed E-state index contributed by atoms with van der Waals surface area (Å²) in [7, 11) is 0. The summed E-state index contributed by atoms with van der Waals surface area (Å²) in [5, 5.41) is 9.94. The summed E-state index contributed by atoms with van der Waals surface area (Å²) >= 11 is 4.35. The highest BCUT2D eigenvalue weighted by atomic mass is 32.1. The van der Waals surface area contributed by atoms with Crippen LogP contribution < -0.4 is 0 Å². The van der Waals surface area contributed by atoms with Crippen molar-refractivity contribution < 1.29 is 5.11 Å². The van der Waals surface area contributed by atoms with E-state index in [0.717, 1.165) is 38.2 Å². The molecule has 1 saturated heterocycles. The van der Waals surface area contributed by atoms with Crippen LogP contribution in [0.5, 0.6) is 0 Å². The van der Waals surface area contributed by atoms with Crippen molar-refractivity contribution in [1.29, 1.82) is 0 Å². The molecule has 0 bridgehead atoms. The average molecular weight is 217 g/mol. The van der Waals surface area contributed by atoms with Gasteiger partial charge in [0.2, 0.25) is 0 Å². The van der Waals surface area contributed by atoms with E-state index in [9.17, 15) is 5.11 Å². The first-order chi connectivity index (χ1) is 6.57. The molecule has 2 atom stereocenters. The molecule has 2 unspecified atom stereocenters. The molecule has 1 fully saturated rings. The van der Waals surface area contributed by atoms with Crippen molar-refractivity contribution in [3.05, 3.63) is 0 Å². The van der Waals surface area contributed by atoms with E-state index in [0.29, 0.717) is 5.92 Å². The number of hydrogen-bond acceptors (Lipinski definition) is 3. The molecular weight excluding hydrogens is 194 g/mol. The van der Waals surface area contributed by atoms with Crippen LogP contribution in [0.1, 0.15) is 33.1 Å². The number of rotatable bonds is 4. The number of likely N-dealkylation sites (tertiary alicyclic amines) is 1. The zero-order valence-electron chi connectivity index (χ0n) is 9.37. The first kappa shape index (κ1) is 12.3. The molecular formula is C11H23NOS. The third-order valence-corrected chi connectivity index (χ3v) is 3.62. The summed E-state index contributed by atoms with van der Waals surface area (Å²) in [5.41, 5.74) is -0.465. The highest BCUT2D eigenvalue weighted by Gasteiger charge is 2.28. The summed E-state index contributed by atoms with van der Waals surface area (Å²) in [6, 6.07) is 0. The van der Waals surface area contributed by atoms with Gasteiger partial charge in [0.05, 0.1) is 5.60 Å². The molecule has 0 saturated carbocycles. The normalized spacial score (nSPS) is 31.7. The van der Waals surface area contributed by atoms with Crippen LogP contribution >= 0.6 is 12.6 Å². The SMILES string of the molecule is CCC(CS)CN1CCCC(C)(O)C1. The van der Waals surface area contributed by atoms with E-state index in [1.165, 1.54) is 6.42 Å².